The molecule has 3 aromatic rings. The first kappa shape index (κ1) is 23.5. The van der Waals surface area contributed by atoms with Crippen LogP contribution in [0.1, 0.15) is 0 Å². The molecule has 11 heteroatoms. The largest absolute Gasteiger partial charge is 0.497 e. The Morgan fingerprint density at radius 1 is 1.16 bits per heavy atom. The maximum absolute atomic E-state index is 11.1. The minimum absolute atomic E-state index is 0. The quantitative estimate of drug-likeness (QED) is 0.218. The van der Waals surface area contributed by atoms with Crippen molar-refractivity contribution in [3.8, 4) is 28.3 Å². The molecule has 0 aliphatic rings. The Morgan fingerprint density at radius 2 is 1.84 bits per heavy atom. The third-order valence-corrected chi connectivity index (χ3v) is 4.09. The van der Waals surface area contributed by atoms with Gasteiger partial charge in [0.15, 0.2) is 5.96 Å². The molecule has 0 atom stereocenters. The van der Waals surface area contributed by atoms with E-state index in [1.54, 1.807) is 37.4 Å². The van der Waals surface area contributed by atoms with E-state index in [1.807, 2.05) is 12.1 Å². The normalized spacial score (nSPS) is 10.8. The standard InChI is InChI=1S/C20H20N6O4.ClH/c1-30-16-7-5-13(6-8-16)17-12-18(14-3-2-4-15(11-14)26(28)29)24-20(23-17)25-19(21)22-9-10-27;/h2-8,11-12,27H,9-10H2,1H3,(H3,21,22,23,24,25);1H. The molecule has 0 unspecified atom stereocenters. The van der Waals surface area contributed by atoms with E-state index < -0.39 is 4.92 Å². The molecule has 10 nitrogen and oxygen atoms in total. The van der Waals surface area contributed by atoms with Crippen LogP contribution in [0.15, 0.2) is 59.6 Å². The minimum Gasteiger partial charge on any atom is -0.497 e. The molecule has 1 heterocycles. The fourth-order valence-corrected chi connectivity index (χ4v) is 2.65. The van der Waals surface area contributed by atoms with Crippen LogP contribution in [-0.4, -0.2) is 46.2 Å². The molecular formula is C20H21ClN6O4. The van der Waals surface area contributed by atoms with E-state index in [0.29, 0.717) is 22.7 Å². The molecule has 0 amide bonds. The van der Waals surface area contributed by atoms with Gasteiger partial charge in [-0.1, -0.05) is 12.1 Å². The first-order valence-corrected chi connectivity index (χ1v) is 8.97. The average molecular weight is 445 g/mol. The molecule has 0 saturated carbocycles. The highest BCUT2D eigenvalue weighted by Crippen LogP contribution is 2.29. The van der Waals surface area contributed by atoms with Crippen LogP contribution in [0, 0.1) is 10.1 Å². The Morgan fingerprint density at radius 3 is 2.45 bits per heavy atom. The summed E-state index contributed by atoms with van der Waals surface area (Å²) in [6.45, 7) is 0.118. The van der Waals surface area contributed by atoms with Crippen molar-refractivity contribution in [1.82, 2.24) is 15.3 Å². The SMILES string of the molecule is COc1ccc(-c2cc(-c3cccc([N+](=O)[O-])c3)nc(N=C(N)NCCO)n2)cc1.Cl. The number of nitrogens with one attached hydrogen (secondary N) is 1. The molecule has 4 N–H and O–H groups in total. The van der Waals surface area contributed by atoms with E-state index in [-0.39, 0.29) is 43.2 Å². The number of aliphatic imine (C=N–C) groups is 1. The number of non-ortho nitro benzene ring substituents is 1. The van der Waals surface area contributed by atoms with E-state index in [9.17, 15) is 10.1 Å². The van der Waals surface area contributed by atoms with Gasteiger partial charge in [-0.25, -0.2) is 9.97 Å². The molecule has 0 spiro atoms. The highest BCUT2D eigenvalue weighted by atomic mass is 35.5. The fraction of sp³-hybridized carbons (Fsp3) is 0.150. The van der Waals surface area contributed by atoms with Crippen LogP contribution in [0.2, 0.25) is 0 Å². The molecule has 0 aliphatic heterocycles. The van der Waals surface area contributed by atoms with Crippen molar-refractivity contribution < 1.29 is 14.8 Å². The fourth-order valence-electron chi connectivity index (χ4n) is 2.65. The van der Waals surface area contributed by atoms with Crippen LogP contribution in [0.3, 0.4) is 0 Å². The number of aromatic nitrogens is 2. The zero-order valence-electron chi connectivity index (χ0n) is 16.6. The second-order valence-corrected chi connectivity index (χ2v) is 6.12. The first-order valence-electron chi connectivity index (χ1n) is 8.97. The second-order valence-electron chi connectivity index (χ2n) is 6.12. The smallest absolute Gasteiger partial charge is 0.270 e. The van der Waals surface area contributed by atoms with E-state index in [1.165, 1.54) is 12.1 Å². The summed E-state index contributed by atoms with van der Waals surface area (Å²) >= 11 is 0. The van der Waals surface area contributed by atoms with Crippen molar-refractivity contribution in [2.75, 3.05) is 20.3 Å². The maximum Gasteiger partial charge on any atom is 0.270 e. The van der Waals surface area contributed by atoms with Gasteiger partial charge in [-0.15, -0.1) is 12.4 Å². The zero-order valence-corrected chi connectivity index (χ0v) is 17.4. The summed E-state index contributed by atoms with van der Waals surface area (Å²) in [4.78, 5) is 23.6. The van der Waals surface area contributed by atoms with Crippen LogP contribution in [0.4, 0.5) is 11.6 Å². The topological polar surface area (TPSA) is 149 Å². The number of guanidine groups is 1. The van der Waals surface area contributed by atoms with Crippen LogP contribution >= 0.6 is 12.4 Å². The Labute approximate surface area is 184 Å². The molecular weight excluding hydrogens is 424 g/mol. The molecule has 162 valence electrons. The number of methoxy groups -OCH3 is 1. The summed E-state index contributed by atoms with van der Waals surface area (Å²) in [7, 11) is 1.58. The van der Waals surface area contributed by atoms with Crippen molar-refractivity contribution in [2.45, 2.75) is 0 Å². The summed E-state index contributed by atoms with van der Waals surface area (Å²) in [6.07, 6.45) is 0. The molecule has 0 bridgehead atoms. The number of nitrogens with zero attached hydrogens (tertiary/aromatic N) is 4. The van der Waals surface area contributed by atoms with Crippen molar-refractivity contribution >= 4 is 30.0 Å². The lowest BCUT2D eigenvalue weighted by molar-refractivity contribution is -0.384. The predicted molar refractivity (Wildman–Crippen MR) is 120 cm³/mol. The van der Waals surface area contributed by atoms with Crippen LogP contribution < -0.4 is 15.8 Å². The molecule has 3 rings (SSSR count). The van der Waals surface area contributed by atoms with Crippen LogP contribution in [-0.2, 0) is 0 Å². The number of ether oxygens (including phenoxy) is 1. The molecule has 0 radical (unpaired) electrons. The lowest BCUT2D eigenvalue weighted by atomic mass is 10.1. The molecule has 2 aromatic carbocycles. The maximum atomic E-state index is 11.1. The zero-order chi connectivity index (χ0) is 21.5. The van der Waals surface area contributed by atoms with Gasteiger partial charge in [0.25, 0.3) is 11.6 Å². The number of nitro groups is 1. The molecule has 1 aromatic heterocycles. The molecule has 0 saturated heterocycles. The van der Waals surface area contributed by atoms with E-state index >= 15 is 0 Å². The summed E-state index contributed by atoms with van der Waals surface area (Å²) < 4.78 is 5.18. The Kier molecular flexibility index (Phi) is 8.24. The van der Waals surface area contributed by atoms with Gasteiger partial charge in [0.05, 0.1) is 30.0 Å². The van der Waals surface area contributed by atoms with E-state index in [0.717, 1.165) is 5.56 Å². The Hall–Kier alpha value is -3.76. The third kappa shape index (κ3) is 6.11. The van der Waals surface area contributed by atoms with Gasteiger partial charge in [-0.05, 0) is 30.3 Å². The van der Waals surface area contributed by atoms with E-state index in [4.69, 9.17) is 15.6 Å². The summed E-state index contributed by atoms with van der Waals surface area (Å²) in [5, 5.41) is 22.8. The van der Waals surface area contributed by atoms with Gasteiger partial charge < -0.3 is 20.9 Å². The lowest BCUT2D eigenvalue weighted by Crippen LogP contribution is -2.33. The third-order valence-electron chi connectivity index (χ3n) is 4.09. The minimum atomic E-state index is -0.467. The van der Waals surface area contributed by atoms with Crippen molar-refractivity contribution in [2.24, 2.45) is 10.7 Å². The number of nitrogens with two attached hydrogens (primary N) is 1. The number of hydrogen-bond donors (Lipinski definition) is 3. The number of hydrogen-bond acceptors (Lipinski definition) is 7. The van der Waals surface area contributed by atoms with Crippen LogP contribution in [0.25, 0.3) is 22.5 Å². The lowest BCUT2D eigenvalue weighted by Gasteiger charge is -2.08. The number of halogens is 1. The van der Waals surface area contributed by atoms with Gasteiger partial charge in [0.2, 0.25) is 0 Å². The van der Waals surface area contributed by atoms with Gasteiger partial charge in [0.1, 0.15) is 5.75 Å². The molecule has 0 aliphatic carbocycles. The van der Waals surface area contributed by atoms with Crippen molar-refractivity contribution in [3.63, 3.8) is 0 Å². The molecule has 31 heavy (non-hydrogen) atoms. The number of aliphatic hydroxyl groups excluding tert-OH is 1. The first-order chi connectivity index (χ1) is 14.5. The highest BCUT2D eigenvalue weighted by molar-refractivity contribution is 5.85. The monoisotopic (exact) mass is 444 g/mol. The average Bonchev–Trinajstić information content (AvgIpc) is 2.77. The summed E-state index contributed by atoms with van der Waals surface area (Å²) in [6, 6.07) is 15.1. The van der Waals surface area contributed by atoms with Gasteiger partial charge in [-0.2, -0.15) is 4.99 Å². The van der Waals surface area contributed by atoms with Crippen molar-refractivity contribution in [3.05, 3.63) is 64.7 Å². The number of aliphatic hydroxyl groups is 1. The predicted octanol–water partition coefficient (Wildman–Crippen LogP) is 2.68. The number of benzene rings is 2. The van der Waals surface area contributed by atoms with Gasteiger partial charge in [0, 0.05) is 29.8 Å². The van der Waals surface area contributed by atoms with Crippen LogP contribution in [0.5, 0.6) is 5.75 Å². The summed E-state index contributed by atoms with van der Waals surface area (Å²) in [5.41, 5.74) is 8.10. The number of nitro benzene ring substituents is 1. The van der Waals surface area contributed by atoms with Gasteiger partial charge in [-0.3, -0.25) is 10.1 Å². The Bertz CT molecular complexity index is 1080. The van der Waals surface area contributed by atoms with Gasteiger partial charge >= 0.3 is 0 Å². The molecule has 0 fully saturated rings. The summed E-state index contributed by atoms with van der Waals surface area (Å²) in [5.74, 6) is 0.816. The second kappa shape index (κ2) is 10.9. The van der Waals surface area contributed by atoms with E-state index in [2.05, 4.69) is 20.3 Å². The Balaban J connectivity index is 0.00000341. The number of rotatable bonds is 7. The van der Waals surface area contributed by atoms with Crippen molar-refractivity contribution in [1.29, 1.82) is 0 Å². The highest BCUT2D eigenvalue weighted by Gasteiger charge is 2.12.